The first kappa shape index (κ1) is 11.2. The fourth-order valence-corrected chi connectivity index (χ4v) is 1.94. The molecular formula is C13H16O3. The molecule has 1 aromatic carbocycles. The maximum atomic E-state index is 10.0. The third-order valence-electron chi connectivity index (χ3n) is 3.03. The van der Waals surface area contributed by atoms with Crippen LogP contribution in [0.2, 0.25) is 0 Å². The van der Waals surface area contributed by atoms with E-state index in [1.54, 1.807) is 13.2 Å². The average molecular weight is 220 g/mol. The summed E-state index contributed by atoms with van der Waals surface area (Å²) in [5.41, 5.74) is 2.60. The summed E-state index contributed by atoms with van der Waals surface area (Å²) >= 11 is 0. The first-order valence-electron chi connectivity index (χ1n) is 5.26. The summed E-state index contributed by atoms with van der Waals surface area (Å²) in [5.74, 6) is -0.321. The van der Waals surface area contributed by atoms with Gasteiger partial charge in [-0.15, -0.1) is 6.58 Å². The van der Waals surface area contributed by atoms with E-state index in [1.165, 1.54) is 0 Å². The van der Waals surface area contributed by atoms with Gasteiger partial charge >= 0.3 is 0 Å². The summed E-state index contributed by atoms with van der Waals surface area (Å²) in [5, 5.41) is 10.0. The Bertz CT molecular complexity index is 419. The molecule has 1 N–H and O–H groups in total. The molecule has 3 nitrogen and oxygen atoms in total. The lowest BCUT2D eigenvalue weighted by Gasteiger charge is -2.15. The van der Waals surface area contributed by atoms with Crippen molar-refractivity contribution in [1.82, 2.24) is 0 Å². The number of allylic oxidation sites excluding steroid dienone is 1. The third kappa shape index (κ3) is 1.62. The number of epoxide rings is 1. The van der Waals surface area contributed by atoms with E-state index in [0.717, 1.165) is 16.7 Å². The van der Waals surface area contributed by atoms with Crippen LogP contribution >= 0.6 is 0 Å². The first-order chi connectivity index (χ1) is 7.64. The Morgan fingerprint density at radius 3 is 2.81 bits per heavy atom. The van der Waals surface area contributed by atoms with Crippen molar-refractivity contribution in [2.45, 2.75) is 19.1 Å². The number of phenols is 1. The second-order valence-electron chi connectivity index (χ2n) is 3.98. The minimum absolute atomic E-state index is 0.310. The lowest BCUT2D eigenvalue weighted by molar-refractivity contribution is -0.0144. The van der Waals surface area contributed by atoms with Gasteiger partial charge in [0, 0.05) is 12.7 Å². The molecule has 1 saturated heterocycles. The van der Waals surface area contributed by atoms with Crippen molar-refractivity contribution in [2.75, 3.05) is 13.7 Å². The molecule has 0 saturated carbocycles. The summed E-state index contributed by atoms with van der Waals surface area (Å²) in [6.45, 7) is 6.09. The Kier molecular flexibility index (Phi) is 2.74. The van der Waals surface area contributed by atoms with Crippen LogP contribution in [-0.2, 0) is 21.7 Å². The van der Waals surface area contributed by atoms with Crippen LogP contribution in [0.1, 0.15) is 16.7 Å². The molecule has 1 aliphatic rings. The predicted molar refractivity (Wildman–Crippen MR) is 61.4 cm³/mol. The molecule has 1 heterocycles. The smallest absolute Gasteiger partial charge is 0.219 e. The normalized spacial score (nSPS) is 23.1. The van der Waals surface area contributed by atoms with Crippen LogP contribution in [0, 0.1) is 6.92 Å². The van der Waals surface area contributed by atoms with Crippen molar-refractivity contribution >= 4 is 0 Å². The second kappa shape index (κ2) is 3.92. The number of phenolic OH excluding ortho intramolecular Hbond substituents is 1. The molecular weight excluding hydrogens is 204 g/mol. The number of rotatable bonds is 4. The number of hydrogen-bond donors (Lipinski definition) is 1. The molecule has 0 spiro atoms. The van der Waals surface area contributed by atoms with Crippen molar-refractivity contribution in [3.8, 4) is 5.75 Å². The van der Waals surface area contributed by atoms with Crippen molar-refractivity contribution in [3.05, 3.63) is 41.5 Å². The van der Waals surface area contributed by atoms with Gasteiger partial charge in [-0.1, -0.05) is 18.2 Å². The number of ether oxygens (including phenoxy) is 2. The van der Waals surface area contributed by atoms with Gasteiger partial charge in [-0.25, -0.2) is 0 Å². The lowest BCUT2D eigenvalue weighted by Crippen LogP contribution is -2.13. The molecule has 2 rings (SSSR count). The quantitative estimate of drug-likeness (QED) is 0.625. The number of hydrogen-bond acceptors (Lipinski definition) is 3. The third-order valence-corrected chi connectivity index (χ3v) is 3.03. The summed E-state index contributed by atoms with van der Waals surface area (Å²) in [6, 6.07) is 3.84. The van der Waals surface area contributed by atoms with Crippen molar-refractivity contribution < 1.29 is 14.6 Å². The van der Waals surface area contributed by atoms with Gasteiger partial charge < -0.3 is 14.6 Å². The van der Waals surface area contributed by atoms with Crippen LogP contribution in [0.15, 0.2) is 24.8 Å². The zero-order valence-corrected chi connectivity index (χ0v) is 9.62. The lowest BCUT2D eigenvalue weighted by atomic mass is 9.98. The monoisotopic (exact) mass is 220 g/mol. The summed E-state index contributed by atoms with van der Waals surface area (Å²) in [7, 11) is 1.61. The number of benzene rings is 1. The molecule has 1 aromatic rings. The molecule has 0 amide bonds. The summed E-state index contributed by atoms with van der Waals surface area (Å²) < 4.78 is 10.6. The molecule has 0 aromatic heterocycles. The standard InChI is InChI=1S/C13H16O3/c1-4-5-10-6-7-11(9(2)12(10)14)13(15-3)8-16-13/h4,6-7,14H,1,5,8H2,2-3H3. The van der Waals surface area contributed by atoms with Crippen LogP contribution in [-0.4, -0.2) is 18.8 Å². The molecule has 1 aliphatic heterocycles. The Morgan fingerprint density at radius 1 is 1.62 bits per heavy atom. The summed E-state index contributed by atoms with van der Waals surface area (Å²) in [4.78, 5) is 0. The van der Waals surface area contributed by atoms with Gasteiger partial charge in [0.25, 0.3) is 0 Å². The van der Waals surface area contributed by atoms with E-state index in [1.807, 2.05) is 19.1 Å². The van der Waals surface area contributed by atoms with Crippen molar-refractivity contribution in [3.63, 3.8) is 0 Å². The number of aromatic hydroxyl groups is 1. The fraction of sp³-hybridized carbons (Fsp3) is 0.385. The summed E-state index contributed by atoms with van der Waals surface area (Å²) in [6.07, 6.45) is 2.43. The second-order valence-corrected chi connectivity index (χ2v) is 3.98. The Morgan fingerprint density at radius 2 is 2.31 bits per heavy atom. The molecule has 3 heteroatoms. The topological polar surface area (TPSA) is 42.0 Å². The van der Waals surface area contributed by atoms with Gasteiger partial charge in [0.15, 0.2) is 0 Å². The molecule has 0 bridgehead atoms. The van der Waals surface area contributed by atoms with E-state index in [9.17, 15) is 5.11 Å². The van der Waals surface area contributed by atoms with Crippen LogP contribution < -0.4 is 0 Å². The molecule has 0 aliphatic carbocycles. The van der Waals surface area contributed by atoms with Gasteiger partial charge in [-0.2, -0.15) is 0 Å². The van der Waals surface area contributed by atoms with Crippen LogP contribution in [0.4, 0.5) is 0 Å². The highest BCUT2D eigenvalue weighted by atomic mass is 16.8. The molecule has 16 heavy (non-hydrogen) atoms. The van der Waals surface area contributed by atoms with Crippen LogP contribution in [0.25, 0.3) is 0 Å². The Hall–Kier alpha value is -1.32. The van der Waals surface area contributed by atoms with E-state index < -0.39 is 5.79 Å². The zero-order chi connectivity index (χ0) is 11.8. The highest BCUT2D eigenvalue weighted by Crippen LogP contribution is 2.43. The van der Waals surface area contributed by atoms with Crippen molar-refractivity contribution in [1.29, 1.82) is 0 Å². The minimum Gasteiger partial charge on any atom is -0.507 e. The Balaban J connectivity index is 2.43. The van der Waals surface area contributed by atoms with E-state index in [2.05, 4.69) is 6.58 Å². The van der Waals surface area contributed by atoms with Gasteiger partial charge in [0.1, 0.15) is 12.4 Å². The van der Waals surface area contributed by atoms with Gasteiger partial charge in [-0.05, 0) is 24.5 Å². The zero-order valence-electron chi connectivity index (χ0n) is 9.62. The predicted octanol–water partition coefficient (Wildman–Crippen LogP) is 2.26. The van der Waals surface area contributed by atoms with E-state index in [0.29, 0.717) is 18.8 Å². The van der Waals surface area contributed by atoms with Gasteiger partial charge in [0.05, 0.1) is 0 Å². The highest BCUT2D eigenvalue weighted by Gasteiger charge is 2.48. The fourth-order valence-electron chi connectivity index (χ4n) is 1.94. The molecule has 1 fully saturated rings. The average Bonchev–Trinajstić information content (AvgIpc) is 3.06. The largest absolute Gasteiger partial charge is 0.507 e. The van der Waals surface area contributed by atoms with E-state index >= 15 is 0 Å². The minimum atomic E-state index is -0.631. The SMILES string of the molecule is C=CCc1ccc(C2(OC)CO2)c(C)c1O. The first-order valence-corrected chi connectivity index (χ1v) is 5.26. The number of methoxy groups -OCH3 is 1. The molecule has 1 unspecified atom stereocenters. The Labute approximate surface area is 95.3 Å². The van der Waals surface area contributed by atoms with Gasteiger partial charge in [0.2, 0.25) is 5.79 Å². The molecule has 86 valence electrons. The maximum Gasteiger partial charge on any atom is 0.219 e. The maximum absolute atomic E-state index is 10.0. The van der Waals surface area contributed by atoms with E-state index in [4.69, 9.17) is 9.47 Å². The highest BCUT2D eigenvalue weighted by molar-refractivity contribution is 5.48. The molecule has 1 atom stereocenters. The van der Waals surface area contributed by atoms with E-state index in [-0.39, 0.29) is 0 Å². The van der Waals surface area contributed by atoms with Crippen LogP contribution in [0.5, 0.6) is 5.75 Å². The van der Waals surface area contributed by atoms with Gasteiger partial charge in [-0.3, -0.25) is 0 Å². The van der Waals surface area contributed by atoms with Crippen LogP contribution in [0.3, 0.4) is 0 Å². The molecule has 0 radical (unpaired) electrons. The van der Waals surface area contributed by atoms with Crippen molar-refractivity contribution in [2.24, 2.45) is 0 Å².